The number of nitrogens with zero attached hydrogens (tertiary/aromatic N) is 5. The summed E-state index contributed by atoms with van der Waals surface area (Å²) in [7, 11) is 1.88. The number of aryl methyl sites for hydroxylation is 2. The first-order chi connectivity index (χ1) is 13.5. The van der Waals surface area contributed by atoms with Crippen LogP contribution in [0.25, 0.3) is 38.8 Å². The summed E-state index contributed by atoms with van der Waals surface area (Å²) in [5.41, 5.74) is 5.10. The highest BCUT2D eigenvalue weighted by molar-refractivity contribution is 6.35. The zero-order valence-corrected chi connectivity index (χ0v) is 15.9. The summed E-state index contributed by atoms with van der Waals surface area (Å²) in [5, 5.41) is 11.9. The van der Waals surface area contributed by atoms with E-state index < -0.39 is 5.95 Å². The third-order valence-electron chi connectivity index (χ3n) is 4.85. The molecule has 0 aliphatic heterocycles. The van der Waals surface area contributed by atoms with Gasteiger partial charge in [0.15, 0.2) is 0 Å². The van der Waals surface area contributed by atoms with Crippen LogP contribution in [0.3, 0.4) is 0 Å². The molecule has 3 aromatic heterocycles. The van der Waals surface area contributed by atoms with Crippen LogP contribution in [0.15, 0.2) is 54.9 Å². The number of benzene rings is 2. The van der Waals surface area contributed by atoms with Crippen LogP contribution in [-0.4, -0.2) is 24.5 Å². The van der Waals surface area contributed by atoms with E-state index in [2.05, 4.69) is 10.1 Å². The van der Waals surface area contributed by atoms with E-state index in [4.69, 9.17) is 16.7 Å². The highest BCUT2D eigenvalue weighted by Crippen LogP contribution is 2.39. The van der Waals surface area contributed by atoms with Crippen molar-refractivity contribution in [2.45, 2.75) is 6.92 Å². The van der Waals surface area contributed by atoms with Crippen LogP contribution in [0.1, 0.15) is 5.56 Å². The summed E-state index contributed by atoms with van der Waals surface area (Å²) in [4.78, 5) is 3.78. The molecule has 0 N–H and O–H groups in total. The summed E-state index contributed by atoms with van der Waals surface area (Å²) >= 11 is 6.62. The van der Waals surface area contributed by atoms with Crippen molar-refractivity contribution in [3.8, 4) is 16.9 Å². The van der Waals surface area contributed by atoms with Gasteiger partial charge in [-0.1, -0.05) is 29.8 Å². The van der Waals surface area contributed by atoms with Gasteiger partial charge in [0.25, 0.3) is 0 Å². The molecule has 5 aromatic rings. The molecular weight excluding hydrogens is 377 g/mol. The first-order valence-electron chi connectivity index (χ1n) is 8.75. The minimum Gasteiger partial charge on any atom is -0.275 e. The molecule has 0 fully saturated rings. The van der Waals surface area contributed by atoms with Gasteiger partial charge >= 0.3 is 0 Å². The molecule has 28 heavy (non-hydrogen) atoms. The van der Waals surface area contributed by atoms with Crippen LogP contribution in [0, 0.1) is 12.9 Å². The Morgan fingerprint density at radius 3 is 2.64 bits per heavy atom. The van der Waals surface area contributed by atoms with Gasteiger partial charge in [0.1, 0.15) is 5.69 Å². The summed E-state index contributed by atoms with van der Waals surface area (Å²) < 4.78 is 16.9. The Balaban J connectivity index is 1.89. The lowest BCUT2D eigenvalue weighted by atomic mass is 10.0. The highest BCUT2D eigenvalue weighted by atomic mass is 35.5. The van der Waals surface area contributed by atoms with Gasteiger partial charge in [-0.25, -0.2) is 9.67 Å². The van der Waals surface area contributed by atoms with E-state index in [1.807, 2.05) is 50.5 Å². The number of halogens is 2. The monoisotopic (exact) mass is 391 g/mol. The van der Waals surface area contributed by atoms with Gasteiger partial charge in [0.2, 0.25) is 5.95 Å². The zero-order valence-electron chi connectivity index (χ0n) is 15.2. The molecule has 5 nitrogen and oxygen atoms in total. The van der Waals surface area contributed by atoms with E-state index in [1.165, 1.54) is 12.3 Å². The van der Waals surface area contributed by atoms with Crippen LogP contribution >= 0.6 is 11.6 Å². The lowest BCUT2D eigenvalue weighted by Gasteiger charge is -2.04. The minimum absolute atomic E-state index is 0.527. The lowest BCUT2D eigenvalue weighted by molar-refractivity contribution is 0.582. The van der Waals surface area contributed by atoms with E-state index >= 15 is 0 Å². The number of aromatic nitrogens is 5. The van der Waals surface area contributed by atoms with E-state index in [-0.39, 0.29) is 0 Å². The molecular formula is C21H15ClFN5. The summed E-state index contributed by atoms with van der Waals surface area (Å²) in [6.45, 7) is 2.02. The molecule has 0 saturated carbocycles. The Labute approximate surface area is 165 Å². The van der Waals surface area contributed by atoms with Crippen molar-refractivity contribution in [1.82, 2.24) is 24.5 Å². The quantitative estimate of drug-likeness (QED) is 0.394. The zero-order chi connectivity index (χ0) is 19.4. The second-order valence-electron chi connectivity index (χ2n) is 6.73. The third-order valence-corrected chi connectivity index (χ3v) is 5.17. The van der Waals surface area contributed by atoms with Gasteiger partial charge in [-0.05, 0) is 36.8 Å². The van der Waals surface area contributed by atoms with Crippen molar-refractivity contribution >= 4 is 33.4 Å². The fourth-order valence-electron chi connectivity index (χ4n) is 3.63. The lowest BCUT2D eigenvalue weighted by Crippen LogP contribution is -1.99. The number of pyridine rings is 1. The first kappa shape index (κ1) is 16.9. The second-order valence-corrected chi connectivity index (χ2v) is 7.14. The Hall–Kier alpha value is -3.25. The molecule has 0 radical (unpaired) electrons. The topological polar surface area (TPSA) is 48.5 Å². The van der Waals surface area contributed by atoms with E-state index in [0.717, 1.165) is 38.6 Å². The van der Waals surface area contributed by atoms with Crippen molar-refractivity contribution in [3.05, 3.63) is 71.4 Å². The second kappa shape index (κ2) is 6.14. The predicted octanol–water partition coefficient (Wildman–Crippen LogP) is 5.08. The molecule has 138 valence electrons. The van der Waals surface area contributed by atoms with Gasteiger partial charge in [-0.15, -0.1) is 0 Å². The Morgan fingerprint density at radius 2 is 1.86 bits per heavy atom. The maximum atomic E-state index is 13.3. The number of fused-ring (bicyclic) bond motifs is 2. The number of hydrogen-bond acceptors (Lipinski definition) is 3. The number of rotatable bonds is 2. The average molecular weight is 392 g/mol. The highest BCUT2D eigenvalue weighted by Gasteiger charge is 2.20. The molecule has 0 aliphatic rings. The Bertz CT molecular complexity index is 1350. The maximum absolute atomic E-state index is 13.3. The third kappa shape index (κ3) is 2.49. The molecule has 0 aliphatic carbocycles. The van der Waals surface area contributed by atoms with Gasteiger partial charge in [0, 0.05) is 29.6 Å². The summed E-state index contributed by atoms with van der Waals surface area (Å²) in [5.74, 6) is -0.527. The number of hydrogen-bond donors (Lipinski definition) is 0. The van der Waals surface area contributed by atoms with E-state index in [0.29, 0.717) is 10.7 Å². The molecule has 2 aromatic carbocycles. The predicted molar refractivity (Wildman–Crippen MR) is 108 cm³/mol. The molecule has 7 heteroatoms. The van der Waals surface area contributed by atoms with Crippen LogP contribution in [0.2, 0.25) is 5.02 Å². The molecule has 0 bridgehead atoms. The van der Waals surface area contributed by atoms with Gasteiger partial charge in [0.05, 0.1) is 27.9 Å². The van der Waals surface area contributed by atoms with Crippen molar-refractivity contribution in [2.24, 2.45) is 7.05 Å². The van der Waals surface area contributed by atoms with Crippen molar-refractivity contribution in [2.75, 3.05) is 0 Å². The largest absolute Gasteiger partial charge is 0.275 e. The fraction of sp³-hybridized carbons (Fsp3) is 0.0952. The molecule has 0 saturated heterocycles. The molecule has 0 amide bonds. The van der Waals surface area contributed by atoms with E-state index in [1.54, 1.807) is 15.4 Å². The maximum Gasteiger partial charge on any atom is 0.212 e. The van der Waals surface area contributed by atoms with Crippen molar-refractivity contribution < 1.29 is 4.39 Å². The van der Waals surface area contributed by atoms with Gasteiger partial charge in [-0.3, -0.25) is 4.68 Å². The van der Waals surface area contributed by atoms with Crippen LogP contribution in [0.5, 0.6) is 0 Å². The van der Waals surface area contributed by atoms with Crippen molar-refractivity contribution in [3.63, 3.8) is 0 Å². The first-order valence-corrected chi connectivity index (χ1v) is 9.13. The van der Waals surface area contributed by atoms with Crippen molar-refractivity contribution in [1.29, 1.82) is 0 Å². The smallest absolute Gasteiger partial charge is 0.212 e. The van der Waals surface area contributed by atoms with Gasteiger partial charge < -0.3 is 0 Å². The Morgan fingerprint density at radius 1 is 1.00 bits per heavy atom. The molecule has 0 spiro atoms. The average Bonchev–Trinajstić information content (AvgIpc) is 3.24. The molecule has 0 atom stereocenters. The molecule has 0 unspecified atom stereocenters. The SMILES string of the molecule is Cc1cccc2c(-c3c(Cl)ccc4nn(C)cc34)nn(-c3ccc(F)nc3)c12. The Kier molecular flexibility index (Phi) is 3.70. The van der Waals surface area contributed by atoms with E-state index in [9.17, 15) is 4.39 Å². The van der Waals surface area contributed by atoms with Gasteiger partial charge in [-0.2, -0.15) is 14.6 Å². The standard InChI is InChI=1S/C21H15ClFN5/c1-12-4-3-5-14-20(19-15-11-27(2)25-17(15)8-7-16(19)22)26-28(21(12)14)13-6-9-18(23)24-10-13/h3-11H,1-2H3. The molecule has 5 rings (SSSR count). The summed E-state index contributed by atoms with van der Waals surface area (Å²) in [6, 6.07) is 12.8. The fourth-order valence-corrected chi connectivity index (χ4v) is 3.88. The van der Waals surface area contributed by atoms with Crippen LogP contribution in [-0.2, 0) is 7.05 Å². The summed E-state index contributed by atoms with van der Waals surface area (Å²) in [6.07, 6.45) is 3.42. The minimum atomic E-state index is -0.527. The van der Waals surface area contributed by atoms with Crippen LogP contribution in [0.4, 0.5) is 4.39 Å². The molecule has 3 heterocycles. The number of para-hydroxylation sites is 1. The van der Waals surface area contributed by atoms with Crippen LogP contribution < -0.4 is 0 Å². The normalized spacial score (nSPS) is 11.6.